The maximum atomic E-state index is 13.7. The number of para-hydroxylation sites is 1. The van der Waals surface area contributed by atoms with Gasteiger partial charge in [0.05, 0.1) is 23.5 Å². The highest BCUT2D eigenvalue weighted by Gasteiger charge is 2.37. The predicted molar refractivity (Wildman–Crippen MR) is 162 cm³/mol. The van der Waals surface area contributed by atoms with Crippen molar-refractivity contribution in [2.24, 2.45) is 0 Å². The quantitative estimate of drug-likeness (QED) is 0.211. The maximum absolute atomic E-state index is 13.7. The fraction of sp³-hybridized carbons (Fsp3) is 0.364. The summed E-state index contributed by atoms with van der Waals surface area (Å²) >= 11 is 6.62. The Morgan fingerprint density at radius 1 is 1.09 bits per heavy atom. The first kappa shape index (κ1) is 30.0. The van der Waals surface area contributed by atoms with Gasteiger partial charge in [-0.05, 0) is 67.1 Å². The minimum absolute atomic E-state index is 0.0235. The Bertz CT molecular complexity index is 1670. The number of alkyl halides is 2. The Hall–Kier alpha value is -4.02. The molecule has 0 radical (unpaired) electrons. The van der Waals surface area contributed by atoms with Crippen molar-refractivity contribution in [2.75, 3.05) is 13.2 Å². The van der Waals surface area contributed by atoms with E-state index < -0.39 is 11.9 Å². The topological polar surface area (TPSA) is 89.7 Å². The second kappa shape index (κ2) is 12.5. The van der Waals surface area contributed by atoms with Crippen LogP contribution in [0.4, 0.5) is 8.78 Å². The first-order chi connectivity index (χ1) is 21.2. The van der Waals surface area contributed by atoms with Crippen molar-refractivity contribution in [1.29, 1.82) is 0 Å². The third kappa shape index (κ3) is 6.27. The van der Waals surface area contributed by atoms with Crippen LogP contribution in [0.15, 0.2) is 60.8 Å². The number of pyridine rings is 1. The van der Waals surface area contributed by atoms with Gasteiger partial charge in [0, 0.05) is 37.5 Å². The molecule has 6 rings (SSSR count). The van der Waals surface area contributed by atoms with Gasteiger partial charge in [0.1, 0.15) is 17.9 Å². The minimum atomic E-state index is -2.52. The van der Waals surface area contributed by atoms with E-state index in [-0.39, 0.29) is 36.9 Å². The molecule has 1 saturated carbocycles. The summed E-state index contributed by atoms with van der Waals surface area (Å²) in [5, 5.41) is 14.2. The third-order valence-electron chi connectivity index (χ3n) is 8.33. The molecule has 0 amide bonds. The molecule has 11 heteroatoms. The van der Waals surface area contributed by atoms with Crippen LogP contribution in [0.3, 0.4) is 0 Å². The SMILES string of the molecule is CCOc1c(C(=O)O)cnn1-c1cccc(-c2cccc(Cl)c2OCc2ccc3c(c2)CCN(C2CCC(F)(F)CC2)C3)n1. The Labute approximate surface area is 259 Å². The van der Waals surface area contributed by atoms with E-state index in [2.05, 4.69) is 22.1 Å². The molecule has 3 heterocycles. The molecule has 4 aromatic rings. The summed E-state index contributed by atoms with van der Waals surface area (Å²) in [4.78, 5) is 18.8. The van der Waals surface area contributed by atoms with Gasteiger partial charge in [-0.2, -0.15) is 9.78 Å². The zero-order valence-electron chi connectivity index (χ0n) is 24.3. The van der Waals surface area contributed by atoms with Crippen LogP contribution in [0.25, 0.3) is 17.1 Å². The number of nitrogens with zero attached hydrogens (tertiary/aromatic N) is 4. The number of hydrogen-bond acceptors (Lipinski definition) is 6. The van der Waals surface area contributed by atoms with E-state index >= 15 is 0 Å². The normalized spacial score (nSPS) is 16.8. The van der Waals surface area contributed by atoms with Gasteiger partial charge >= 0.3 is 5.97 Å². The standard InChI is InChI=1S/C33H33ClF2N4O4/c1-2-43-31-26(32(41)42)18-37-40(31)29-8-4-7-28(38-29)25-5-3-6-27(34)30(25)44-20-21-9-10-23-19-39(16-13-22(23)17-21)24-11-14-33(35,36)15-12-24/h3-10,17-18,24H,2,11-16,19-20H2,1H3,(H,41,42). The Morgan fingerprint density at radius 3 is 2.66 bits per heavy atom. The van der Waals surface area contributed by atoms with Gasteiger partial charge in [-0.15, -0.1) is 0 Å². The Balaban J connectivity index is 1.19. The molecule has 1 N–H and O–H groups in total. The highest BCUT2D eigenvalue weighted by atomic mass is 35.5. The van der Waals surface area contributed by atoms with E-state index in [1.54, 1.807) is 25.1 Å². The molecule has 0 unspecified atom stereocenters. The zero-order chi connectivity index (χ0) is 30.8. The van der Waals surface area contributed by atoms with Crippen LogP contribution in [-0.4, -0.2) is 55.9 Å². The molecule has 0 bridgehead atoms. The van der Waals surface area contributed by atoms with E-state index in [0.717, 1.165) is 25.1 Å². The number of aromatic carboxylic acids is 1. The van der Waals surface area contributed by atoms with Crippen molar-refractivity contribution < 1.29 is 28.2 Å². The smallest absolute Gasteiger partial charge is 0.342 e. The summed E-state index contributed by atoms with van der Waals surface area (Å²) in [5.41, 5.74) is 4.68. The van der Waals surface area contributed by atoms with E-state index in [9.17, 15) is 18.7 Å². The largest absolute Gasteiger partial charge is 0.487 e. The van der Waals surface area contributed by atoms with Crippen LogP contribution in [0.1, 0.15) is 59.7 Å². The van der Waals surface area contributed by atoms with Gasteiger partial charge in [0.15, 0.2) is 5.82 Å². The van der Waals surface area contributed by atoms with E-state index in [1.807, 2.05) is 24.3 Å². The van der Waals surface area contributed by atoms with E-state index in [1.165, 1.54) is 22.0 Å². The molecule has 0 saturated heterocycles. The summed E-state index contributed by atoms with van der Waals surface area (Å²) in [6, 6.07) is 17.3. The zero-order valence-corrected chi connectivity index (χ0v) is 25.1. The van der Waals surface area contributed by atoms with Crippen LogP contribution < -0.4 is 9.47 Å². The monoisotopic (exact) mass is 622 g/mol. The van der Waals surface area contributed by atoms with Gasteiger partial charge in [-0.3, -0.25) is 4.90 Å². The number of carboxylic acids is 1. The molecule has 1 aliphatic carbocycles. The van der Waals surface area contributed by atoms with Gasteiger partial charge in [0.2, 0.25) is 11.8 Å². The fourth-order valence-electron chi connectivity index (χ4n) is 6.05. The number of halogens is 3. The van der Waals surface area contributed by atoms with Crippen molar-refractivity contribution >= 4 is 17.6 Å². The molecule has 1 fully saturated rings. The molecule has 2 aromatic heterocycles. The van der Waals surface area contributed by atoms with Gasteiger partial charge in [-0.25, -0.2) is 18.6 Å². The summed E-state index contributed by atoms with van der Waals surface area (Å²) in [5.74, 6) is -2.69. The number of fused-ring (bicyclic) bond motifs is 1. The molecule has 0 spiro atoms. The van der Waals surface area contributed by atoms with E-state index in [0.29, 0.717) is 47.3 Å². The van der Waals surface area contributed by atoms with Crippen molar-refractivity contribution in [3.05, 3.63) is 88.1 Å². The van der Waals surface area contributed by atoms with Crippen molar-refractivity contribution in [3.63, 3.8) is 0 Å². The number of hydrogen-bond donors (Lipinski definition) is 1. The van der Waals surface area contributed by atoms with Crippen LogP contribution in [0.5, 0.6) is 11.6 Å². The first-order valence-electron chi connectivity index (χ1n) is 14.8. The minimum Gasteiger partial charge on any atom is -0.487 e. The third-order valence-corrected chi connectivity index (χ3v) is 8.63. The second-order valence-electron chi connectivity index (χ2n) is 11.2. The lowest BCUT2D eigenvalue weighted by molar-refractivity contribution is -0.0552. The molecule has 230 valence electrons. The average molecular weight is 623 g/mol. The van der Waals surface area contributed by atoms with Crippen LogP contribution >= 0.6 is 11.6 Å². The number of aromatic nitrogens is 3. The summed E-state index contributed by atoms with van der Waals surface area (Å²) < 4.78 is 40.6. The molecule has 2 aliphatic rings. The van der Waals surface area contributed by atoms with Crippen LogP contribution in [0.2, 0.25) is 5.02 Å². The molecular weight excluding hydrogens is 590 g/mol. The molecule has 2 aromatic carbocycles. The molecule has 1 aliphatic heterocycles. The molecule has 44 heavy (non-hydrogen) atoms. The summed E-state index contributed by atoms with van der Waals surface area (Å²) in [6.07, 6.45) is 3.15. The van der Waals surface area contributed by atoms with E-state index in [4.69, 9.17) is 26.1 Å². The lowest BCUT2D eigenvalue weighted by Crippen LogP contribution is -2.43. The number of ether oxygens (including phenoxy) is 2. The lowest BCUT2D eigenvalue weighted by atomic mass is 9.89. The summed E-state index contributed by atoms with van der Waals surface area (Å²) in [7, 11) is 0. The fourth-order valence-corrected chi connectivity index (χ4v) is 6.28. The molecule has 8 nitrogen and oxygen atoms in total. The lowest BCUT2D eigenvalue weighted by Gasteiger charge is -2.39. The molecular formula is C33H33ClF2N4O4. The number of carboxylic acid groups (broad SMARTS) is 1. The van der Waals surface area contributed by atoms with Crippen molar-refractivity contribution in [2.45, 2.75) is 64.1 Å². The van der Waals surface area contributed by atoms with Crippen molar-refractivity contribution in [1.82, 2.24) is 19.7 Å². The summed E-state index contributed by atoms with van der Waals surface area (Å²) in [6.45, 7) is 3.96. The van der Waals surface area contributed by atoms with Crippen LogP contribution in [-0.2, 0) is 19.6 Å². The number of rotatable bonds is 9. The average Bonchev–Trinajstić information content (AvgIpc) is 3.44. The Kier molecular flexibility index (Phi) is 8.55. The predicted octanol–water partition coefficient (Wildman–Crippen LogP) is 7.20. The van der Waals surface area contributed by atoms with Crippen molar-refractivity contribution in [3.8, 4) is 28.7 Å². The highest BCUT2D eigenvalue weighted by Crippen LogP contribution is 2.38. The molecule has 0 atom stereocenters. The number of carbonyl (C=O) groups is 1. The number of benzene rings is 2. The Morgan fingerprint density at radius 2 is 1.89 bits per heavy atom. The second-order valence-corrected chi connectivity index (χ2v) is 11.6. The maximum Gasteiger partial charge on any atom is 0.342 e. The van der Waals surface area contributed by atoms with Gasteiger partial charge < -0.3 is 14.6 Å². The van der Waals surface area contributed by atoms with Crippen LogP contribution in [0, 0.1) is 0 Å². The highest BCUT2D eigenvalue weighted by molar-refractivity contribution is 6.32. The van der Waals surface area contributed by atoms with Gasteiger partial charge in [0.25, 0.3) is 0 Å². The first-order valence-corrected chi connectivity index (χ1v) is 15.2. The van der Waals surface area contributed by atoms with Gasteiger partial charge in [-0.1, -0.05) is 41.9 Å².